The van der Waals surface area contributed by atoms with Crippen molar-refractivity contribution in [1.29, 1.82) is 0 Å². The van der Waals surface area contributed by atoms with Gasteiger partial charge in [-0.3, -0.25) is 4.90 Å². The number of benzene rings is 3. The first-order valence-corrected chi connectivity index (χ1v) is 11.5. The van der Waals surface area contributed by atoms with Gasteiger partial charge in [-0.05, 0) is 68.7 Å². The van der Waals surface area contributed by atoms with Gasteiger partial charge in [-0.1, -0.05) is 72.8 Å². The molecule has 0 aliphatic heterocycles. The van der Waals surface area contributed by atoms with Crippen molar-refractivity contribution in [2.24, 2.45) is 0 Å². The molecule has 0 fully saturated rings. The lowest BCUT2D eigenvalue weighted by Gasteiger charge is -2.25. The molecule has 1 atom stereocenters. The molecule has 0 N–H and O–H groups in total. The van der Waals surface area contributed by atoms with Crippen LogP contribution >= 0.6 is 0 Å². The van der Waals surface area contributed by atoms with E-state index in [1.807, 2.05) is 69.3 Å². The maximum Gasteiger partial charge on any atom is 0.418 e. The predicted molar refractivity (Wildman–Crippen MR) is 139 cm³/mol. The number of rotatable bonds is 8. The monoisotopic (exact) mass is 455 g/mol. The molecule has 0 bridgehead atoms. The van der Waals surface area contributed by atoms with E-state index in [-0.39, 0.29) is 5.92 Å². The lowest BCUT2D eigenvalue weighted by Crippen LogP contribution is -2.33. The minimum Gasteiger partial charge on any atom is -0.497 e. The first kappa shape index (κ1) is 24.8. The van der Waals surface area contributed by atoms with Gasteiger partial charge in [0.1, 0.15) is 11.4 Å². The number of methoxy groups -OCH3 is 1. The number of hydrogen-bond acceptors (Lipinski definition) is 3. The van der Waals surface area contributed by atoms with Crippen LogP contribution in [0.2, 0.25) is 0 Å². The summed E-state index contributed by atoms with van der Waals surface area (Å²) in [4.78, 5) is 14.4. The highest BCUT2D eigenvalue weighted by Gasteiger charge is 2.22. The van der Waals surface area contributed by atoms with Crippen molar-refractivity contribution in [2.75, 3.05) is 12.0 Å². The molecule has 0 aliphatic carbocycles. The summed E-state index contributed by atoms with van der Waals surface area (Å²) < 4.78 is 10.9. The third kappa shape index (κ3) is 7.66. The van der Waals surface area contributed by atoms with E-state index in [2.05, 4.69) is 54.6 Å². The molecule has 0 saturated heterocycles. The first-order chi connectivity index (χ1) is 16.4. The van der Waals surface area contributed by atoms with Crippen molar-refractivity contribution in [3.05, 3.63) is 120 Å². The van der Waals surface area contributed by atoms with Crippen LogP contribution in [0.3, 0.4) is 0 Å². The maximum atomic E-state index is 12.9. The van der Waals surface area contributed by atoms with E-state index in [1.54, 1.807) is 13.3 Å². The highest BCUT2D eigenvalue weighted by atomic mass is 16.6. The molecule has 176 valence electrons. The zero-order chi connectivity index (χ0) is 24.4. The first-order valence-electron chi connectivity index (χ1n) is 11.5. The normalized spacial score (nSPS) is 12.6. The third-order valence-electron chi connectivity index (χ3n) is 5.16. The van der Waals surface area contributed by atoms with Gasteiger partial charge in [0.25, 0.3) is 0 Å². The fraction of sp³-hybridized carbons (Fsp3) is 0.233. The number of carbonyl (C=O) groups is 1. The van der Waals surface area contributed by atoms with E-state index in [0.29, 0.717) is 5.69 Å². The summed E-state index contributed by atoms with van der Waals surface area (Å²) in [6, 6.07) is 28.2. The summed E-state index contributed by atoms with van der Waals surface area (Å²) in [6.07, 6.45) is 8.21. The number of carbonyl (C=O) groups excluding carboxylic acids is 1. The number of anilines is 1. The van der Waals surface area contributed by atoms with Crippen molar-refractivity contribution < 1.29 is 14.3 Å². The number of hydrogen-bond donors (Lipinski definition) is 0. The molecular weight excluding hydrogens is 422 g/mol. The van der Waals surface area contributed by atoms with Crippen LogP contribution in [-0.2, 0) is 11.2 Å². The van der Waals surface area contributed by atoms with Crippen molar-refractivity contribution in [3.8, 4) is 5.75 Å². The van der Waals surface area contributed by atoms with Crippen LogP contribution in [0.1, 0.15) is 37.8 Å². The summed E-state index contributed by atoms with van der Waals surface area (Å²) in [7, 11) is 1.62. The summed E-state index contributed by atoms with van der Waals surface area (Å²) in [6.45, 7) is 5.57. The number of nitrogens with zero attached hydrogens (tertiary/aromatic N) is 1. The lowest BCUT2D eigenvalue weighted by molar-refractivity contribution is 0.0596. The van der Waals surface area contributed by atoms with Gasteiger partial charge < -0.3 is 9.47 Å². The van der Waals surface area contributed by atoms with Gasteiger partial charge in [-0.2, -0.15) is 0 Å². The van der Waals surface area contributed by atoms with E-state index >= 15 is 0 Å². The van der Waals surface area contributed by atoms with E-state index < -0.39 is 11.7 Å². The molecule has 3 aromatic rings. The van der Waals surface area contributed by atoms with Gasteiger partial charge in [-0.15, -0.1) is 0 Å². The summed E-state index contributed by atoms with van der Waals surface area (Å²) in [5, 5.41) is 0. The van der Waals surface area contributed by atoms with Gasteiger partial charge >= 0.3 is 6.09 Å². The molecule has 0 saturated carbocycles. The van der Waals surface area contributed by atoms with Crippen molar-refractivity contribution in [1.82, 2.24) is 0 Å². The second kappa shape index (κ2) is 11.9. The predicted octanol–water partition coefficient (Wildman–Crippen LogP) is 7.53. The van der Waals surface area contributed by atoms with Crippen LogP contribution in [0.25, 0.3) is 0 Å². The fourth-order valence-corrected chi connectivity index (χ4v) is 3.51. The van der Waals surface area contributed by atoms with Crippen LogP contribution in [0.5, 0.6) is 5.75 Å². The van der Waals surface area contributed by atoms with Crippen molar-refractivity contribution in [3.63, 3.8) is 0 Å². The standard InChI is InChI=1S/C30H33NO3/c1-30(2,3)34-29(32)31(27-18-20-28(33-4)21-19-27)22-12-11-17-26(25-15-9-6-10-16-25)23-24-13-7-5-8-14-24/h5-22,26H,23H2,1-4H3/b17-11+,22-12-/t26-/m1/s1. The number of ether oxygens (including phenoxy) is 2. The highest BCUT2D eigenvalue weighted by molar-refractivity contribution is 5.90. The lowest BCUT2D eigenvalue weighted by atomic mass is 9.91. The Bertz CT molecular complexity index is 1080. The average Bonchev–Trinajstić information content (AvgIpc) is 2.83. The topological polar surface area (TPSA) is 38.8 Å². The van der Waals surface area contributed by atoms with Gasteiger partial charge in [0.15, 0.2) is 0 Å². The molecule has 34 heavy (non-hydrogen) atoms. The highest BCUT2D eigenvalue weighted by Crippen LogP contribution is 2.24. The number of allylic oxidation sites excluding steroid dienone is 3. The molecule has 3 aromatic carbocycles. The van der Waals surface area contributed by atoms with E-state index in [0.717, 1.165) is 12.2 Å². The summed E-state index contributed by atoms with van der Waals surface area (Å²) in [5.41, 5.74) is 2.62. The molecule has 0 radical (unpaired) electrons. The minimum absolute atomic E-state index is 0.212. The molecule has 3 rings (SSSR count). The van der Waals surface area contributed by atoms with Crippen LogP contribution in [0.15, 0.2) is 109 Å². The molecule has 1 amide bonds. The molecule has 4 heteroatoms. The Hall–Kier alpha value is -3.79. The molecule has 4 nitrogen and oxygen atoms in total. The van der Waals surface area contributed by atoms with E-state index in [1.165, 1.54) is 16.0 Å². The molecule has 0 spiro atoms. The summed E-state index contributed by atoms with van der Waals surface area (Å²) >= 11 is 0. The van der Waals surface area contributed by atoms with E-state index in [9.17, 15) is 4.79 Å². The van der Waals surface area contributed by atoms with E-state index in [4.69, 9.17) is 9.47 Å². The Morgan fingerprint density at radius 1 is 0.882 bits per heavy atom. The zero-order valence-corrected chi connectivity index (χ0v) is 20.3. The Morgan fingerprint density at radius 2 is 1.50 bits per heavy atom. The van der Waals surface area contributed by atoms with Gasteiger partial charge in [0.2, 0.25) is 0 Å². The minimum atomic E-state index is -0.598. The third-order valence-corrected chi connectivity index (χ3v) is 5.16. The Morgan fingerprint density at radius 3 is 2.09 bits per heavy atom. The smallest absolute Gasteiger partial charge is 0.418 e. The van der Waals surface area contributed by atoms with Crippen molar-refractivity contribution >= 4 is 11.8 Å². The molecule has 0 aromatic heterocycles. The molecule has 0 heterocycles. The van der Waals surface area contributed by atoms with Crippen LogP contribution in [0, 0.1) is 0 Å². The maximum absolute atomic E-state index is 12.9. The Kier molecular flexibility index (Phi) is 8.69. The molecule has 0 aliphatic rings. The Labute approximate surface area is 203 Å². The average molecular weight is 456 g/mol. The largest absolute Gasteiger partial charge is 0.497 e. The van der Waals surface area contributed by atoms with Gasteiger partial charge in [0, 0.05) is 12.1 Å². The second-order valence-corrected chi connectivity index (χ2v) is 8.98. The SMILES string of the molecule is COc1ccc(N(/C=C\C=C\[C@H](Cc2ccccc2)c2ccccc2)C(=O)OC(C)(C)C)cc1. The molecular formula is C30H33NO3. The quantitative estimate of drug-likeness (QED) is 0.329. The zero-order valence-electron chi connectivity index (χ0n) is 20.3. The summed E-state index contributed by atoms with van der Waals surface area (Å²) in [5.74, 6) is 0.938. The second-order valence-electron chi connectivity index (χ2n) is 8.98. The van der Waals surface area contributed by atoms with Crippen LogP contribution < -0.4 is 9.64 Å². The fourth-order valence-electron chi connectivity index (χ4n) is 3.51. The number of amides is 1. The van der Waals surface area contributed by atoms with Gasteiger partial charge in [-0.25, -0.2) is 4.79 Å². The molecule has 0 unspecified atom stereocenters. The van der Waals surface area contributed by atoms with Gasteiger partial charge in [0.05, 0.1) is 12.8 Å². The van der Waals surface area contributed by atoms with Crippen LogP contribution in [0.4, 0.5) is 10.5 Å². The van der Waals surface area contributed by atoms with Crippen molar-refractivity contribution in [2.45, 2.75) is 38.7 Å². The Balaban J connectivity index is 1.82. The van der Waals surface area contributed by atoms with Crippen LogP contribution in [-0.4, -0.2) is 18.8 Å².